The molecule has 0 spiro atoms. The van der Waals surface area contributed by atoms with Gasteiger partial charge >= 0.3 is 5.97 Å². The monoisotopic (exact) mass is 256 g/mol. The second-order valence-corrected chi connectivity index (χ2v) is 3.70. The summed E-state index contributed by atoms with van der Waals surface area (Å²) in [6.07, 6.45) is -0.878. The Balaban J connectivity index is 4.25. The van der Waals surface area contributed by atoms with Gasteiger partial charge in [-0.1, -0.05) is 6.92 Å². The molecule has 0 aliphatic carbocycles. The molecule has 2 unspecified atom stereocenters. The molecule has 0 fully saturated rings. The molecule has 0 aromatic heterocycles. The van der Waals surface area contributed by atoms with E-state index in [1.807, 2.05) is 0 Å². The second-order valence-electron chi connectivity index (χ2n) is 3.13. The first-order valence-electron chi connectivity index (χ1n) is 4.47. The first-order chi connectivity index (χ1) is 7.00. The Kier molecular flexibility index (Phi) is 7.37. The molecular weight excluding hydrogens is 240 g/mol. The van der Waals surface area contributed by atoms with Gasteiger partial charge in [-0.15, -0.1) is 0 Å². The van der Waals surface area contributed by atoms with Gasteiger partial charge in [-0.2, -0.15) is 12.6 Å². The van der Waals surface area contributed by atoms with E-state index in [-0.39, 0.29) is 18.8 Å². The Hall–Kier alpha value is 0.0500. The van der Waals surface area contributed by atoms with Crippen LogP contribution >= 0.6 is 25.5 Å². The summed E-state index contributed by atoms with van der Waals surface area (Å²) in [4.78, 5) is 11.0. The summed E-state index contributed by atoms with van der Waals surface area (Å²) in [5.74, 6) is -0.696. The number of esters is 1. The highest BCUT2D eigenvalue weighted by Crippen LogP contribution is 2.16. The topological polar surface area (TPSA) is 76.0 Å². The van der Waals surface area contributed by atoms with Crippen LogP contribution in [0.3, 0.4) is 0 Å². The lowest BCUT2D eigenvalue weighted by Crippen LogP contribution is -2.50. The zero-order chi connectivity index (χ0) is 11.9. The van der Waals surface area contributed by atoms with Crippen LogP contribution in [0.1, 0.15) is 19.8 Å². The molecule has 0 saturated carbocycles. The maximum absolute atomic E-state index is 11.0. The number of aliphatic hydroxyl groups is 2. The predicted molar refractivity (Wildman–Crippen MR) is 60.7 cm³/mol. The van der Waals surface area contributed by atoms with E-state index < -0.39 is 17.9 Å². The summed E-state index contributed by atoms with van der Waals surface area (Å²) in [6, 6.07) is 0. The molecule has 0 bridgehead atoms. The largest absolute Gasteiger partial charge is 0.433 e. The van der Waals surface area contributed by atoms with Gasteiger partial charge in [0.05, 0.1) is 6.61 Å². The van der Waals surface area contributed by atoms with Crippen molar-refractivity contribution < 1.29 is 23.9 Å². The summed E-state index contributed by atoms with van der Waals surface area (Å²) in [7, 11) is 0. The summed E-state index contributed by atoms with van der Waals surface area (Å²) in [5.41, 5.74) is -1.74. The third-order valence-corrected chi connectivity index (χ3v) is 2.42. The van der Waals surface area contributed by atoms with Gasteiger partial charge < -0.3 is 19.1 Å². The van der Waals surface area contributed by atoms with Crippen LogP contribution in [0.15, 0.2) is 0 Å². The van der Waals surface area contributed by atoms with Gasteiger partial charge in [0.15, 0.2) is 5.60 Å². The lowest BCUT2D eigenvalue weighted by atomic mass is 10.1. The second kappa shape index (κ2) is 7.34. The Morgan fingerprint density at radius 1 is 1.60 bits per heavy atom. The van der Waals surface area contributed by atoms with Crippen LogP contribution in [0.25, 0.3) is 0 Å². The standard InChI is InChI=1S/C8H16O5S2/c1-2-3-6(9)13-7(10)8(11,5-14)4-12-15/h7,10-11,14-15H,2-5H2,1H3. The molecule has 0 heterocycles. The molecular formula is C8H16O5S2. The van der Waals surface area contributed by atoms with Crippen LogP contribution in [0.2, 0.25) is 0 Å². The van der Waals surface area contributed by atoms with E-state index in [0.717, 1.165) is 0 Å². The Morgan fingerprint density at radius 3 is 2.60 bits per heavy atom. The molecule has 90 valence electrons. The molecule has 15 heavy (non-hydrogen) atoms. The zero-order valence-electron chi connectivity index (χ0n) is 8.42. The van der Waals surface area contributed by atoms with E-state index in [0.29, 0.717) is 6.42 Å². The van der Waals surface area contributed by atoms with Crippen molar-refractivity contribution >= 4 is 31.5 Å². The van der Waals surface area contributed by atoms with Crippen LogP contribution in [0, 0.1) is 0 Å². The molecule has 7 heteroatoms. The molecule has 2 N–H and O–H groups in total. The Morgan fingerprint density at radius 2 is 2.20 bits per heavy atom. The predicted octanol–water partition coefficient (Wildman–Crippen LogP) is 0.170. The third kappa shape index (κ3) is 5.07. The summed E-state index contributed by atoms with van der Waals surface area (Å²) < 4.78 is 9.01. The van der Waals surface area contributed by atoms with Gasteiger partial charge in [0, 0.05) is 12.2 Å². The summed E-state index contributed by atoms with van der Waals surface area (Å²) in [5, 5.41) is 19.2. The van der Waals surface area contributed by atoms with Crippen LogP contribution in [0.5, 0.6) is 0 Å². The summed E-state index contributed by atoms with van der Waals surface area (Å²) >= 11 is 7.28. The molecule has 0 aliphatic heterocycles. The van der Waals surface area contributed by atoms with E-state index in [1.54, 1.807) is 6.92 Å². The number of carbonyl (C=O) groups is 1. The molecule has 0 saturated heterocycles. The highest BCUT2D eigenvalue weighted by molar-refractivity contribution is 7.80. The minimum absolute atomic E-state index is 0.117. The molecule has 0 rings (SSSR count). The van der Waals surface area contributed by atoms with E-state index in [9.17, 15) is 15.0 Å². The van der Waals surface area contributed by atoms with Crippen molar-refractivity contribution in [2.24, 2.45) is 0 Å². The molecule has 0 aliphatic rings. The smallest absolute Gasteiger partial charge is 0.308 e. The number of aliphatic hydroxyl groups excluding tert-OH is 1. The molecule has 2 atom stereocenters. The van der Waals surface area contributed by atoms with E-state index in [1.165, 1.54) is 0 Å². The third-order valence-electron chi connectivity index (χ3n) is 1.75. The quantitative estimate of drug-likeness (QED) is 0.226. The van der Waals surface area contributed by atoms with Crippen molar-refractivity contribution in [3.63, 3.8) is 0 Å². The van der Waals surface area contributed by atoms with Crippen LogP contribution in [-0.4, -0.2) is 40.4 Å². The SMILES string of the molecule is CCCC(=O)OC(O)C(O)(CS)COS. The maximum atomic E-state index is 11.0. The van der Waals surface area contributed by atoms with Crippen molar-refractivity contribution in [3.05, 3.63) is 0 Å². The zero-order valence-corrected chi connectivity index (χ0v) is 10.2. The van der Waals surface area contributed by atoms with E-state index in [2.05, 4.69) is 34.5 Å². The van der Waals surface area contributed by atoms with Gasteiger partial charge in [0.25, 0.3) is 0 Å². The van der Waals surface area contributed by atoms with E-state index in [4.69, 9.17) is 0 Å². The fourth-order valence-electron chi connectivity index (χ4n) is 0.804. The maximum Gasteiger partial charge on any atom is 0.308 e. The van der Waals surface area contributed by atoms with Crippen molar-refractivity contribution in [1.82, 2.24) is 0 Å². The van der Waals surface area contributed by atoms with E-state index >= 15 is 0 Å². The van der Waals surface area contributed by atoms with Crippen LogP contribution in [-0.2, 0) is 13.7 Å². The highest BCUT2D eigenvalue weighted by Gasteiger charge is 2.37. The molecule has 0 aromatic rings. The average Bonchev–Trinajstić information content (AvgIpc) is 2.18. The average molecular weight is 256 g/mol. The fourth-order valence-corrected chi connectivity index (χ4v) is 1.28. The molecule has 0 aromatic carbocycles. The molecule has 0 radical (unpaired) electrons. The number of hydrogen-bond donors (Lipinski definition) is 4. The molecule has 0 amide bonds. The summed E-state index contributed by atoms with van der Waals surface area (Å²) in [6.45, 7) is 1.51. The molecule has 5 nitrogen and oxygen atoms in total. The number of carbonyl (C=O) groups excluding carboxylic acids is 1. The van der Waals surface area contributed by atoms with Gasteiger partial charge in [-0.05, 0) is 19.3 Å². The lowest BCUT2D eigenvalue weighted by molar-refractivity contribution is -0.214. The fraction of sp³-hybridized carbons (Fsp3) is 0.875. The van der Waals surface area contributed by atoms with Gasteiger partial charge in [0.2, 0.25) is 6.29 Å². The Labute approximate surface area is 99.8 Å². The number of thiol groups is 2. The van der Waals surface area contributed by atoms with Gasteiger partial charge in [-0.3, -0.25) is 4.79 Å². The normalized spacial score (nSPS) is 16.9. The first-order valence-corrected chi connectivity index (χ1v) is 5.47. The number of rotatable bonds is 7. The first kappa shape index (κ1) is 15.0. The van der Waals surface area contributed by atoms with Crippen LogP contribution in [0.4, 0.5) is 0 Å². The number of ether oxygens (including phenoxy) is 1. The van der Waals surface area contributed by atoms with Crippen LogP contribution < -0.4 is 0 Å². The van der Waals surface area contributed by atoms with Crippen molar-refractivity contribution in [3.8, 4) is 0 Å². The Bertz CT molecular complexity index is 201. The number of hydrogen-bond acceptors (Lipinski definition) is 7. The van der Waals surface area contributed by atoms with Gasteiger partial charge in [-0.25, -0.2) is 0 Å². The van der Waals surface area contributed by atoms with Crippen molar-refractivity contribution in [2.75, 3.05) is 12.4 Å². The van der Waals surface area contributed by atoms with Gasteiger partial charge in [0.1, 0.15) is 0 Å². The highest BCUT2D eigenvalue weighted by atomic mass is 32.1. The minimum Gasteiger partial charge on any atom is -0.433 e. The van der Waals surface area contributed by atoms with Crippen molar-refractivity contribution in [1.29, 1.82) is 0 Å². The lowest BCUT2D eigenvalue weighted by Gasteiger charge is -2.29. The minimum atomic E-state index is -1.74. The van der Waals surface area contributed by atoms with Crippen molar-refractivity contribution in [2.45, 2.75) is 31.7 Å².